The minimum absolute atomic E-state index is 0.277. The lowest BCUT2D eigenvalue weighted by atomic mass is 9.99. The molecule has 0 aliphatic carbocycles. The van der Waals surface area contributed by atoms with Crippen molar-refractivity contribution in [2.24, 2.45) is 0 Å². The van der Waals surface area contributed by atoms with Crippen LogP contribution in [0.1, 0.15) is 11.1 Å². The maximum Gasteiger partial charge on any atom is 0.123 e. The molecular weight excluding hydrogens is 317 g/mol. The summed E-state index contributed by atoms with van der Waals surface area (Å²) < 4.78 is 13.7. The van der Waals surface area contributed by atoms with Crippen LogP contribution in [0.3, 0.4) is 0 Å². The molecule has 2 N–H and O–H groups in total. The number of benzene rings is 2. The molecule has 0 heterocycles. The molecule has 0 amide bonds. The highest BCUT2D eigenvalue weighted by molar-refractivity contribution is 9.10. The number of nitrogen functional groups attached to an aromatic ring is 1. The van der Waals surface area contributed by atoms with Crippen LogP contribution in [0.5, 0.6) is 0 Å². The molecule has 2 aromatic carbocycles. The second-order valence-corrected chi connectivity index (χ2v) is 5.10. The van der Waals surface area contributed by atoms with Gasteiger partial charge in [-0.25, -0.2) is 4.39 Å². The van der Waals surface area contributed by atoms with Crippen LogP contribution < -0.4 is 5.73 Å². The van der Waals surface area contributed by atoms with Crippen LogP contribution in [0.25, 0.3) is 5.57 Å². The van der Waals surface area contributed by atoms with E-state index in [1.807, 2.05) is 0 Å². The highest BCUT2D eigenvalue weighted by Crippen LogP contribution is 2.33. The van der Waals surface area contributed by atoms with Crippen LogP contribution in [-0.4, -0.2) is 0 Å². The summed E-state index contributed by atoms with van der Waals surface area (Å²) in [6, 6.07) is 9.61. The predicted molar refractivity (Wildman–Crippen MR) is 78.1 cm³/mol. The third-order valence-corrected chi connectivity index (χ3v) is 3.59. The SMILES string of the molecule is C=C(c1ccc(F)cc1)c1cc(Cl)c(N)cc1Br. The zero-order valence-corrected chi connectivity index (χ0v) is 11.7. The van der Waals surface area contributed by atoms with E-state index in [1.165, 1.54) is 12.1 Å². The number of halogens is 3. The minimum atomic E-state index is -0.277. The summed E-state index contributed by atoms with van der Waals surface area (Å²) in [4.78, 5) is 0. The van der Waals surface area contributed by atoms with E-state index < -0.39 is 0 Å². The second-order valence-electron chi connectivity index (χ2n) is 3.84. The highest BCUT2D eigenvalue weighted by Gasteiger charge is 2.09. The Bertz CT molecular complexity index is 608. The van der Waals surface area contributed by atoms with Gasteiger partial charge >= 0.3 is 0 Å². The average molecular weight is 327 g/mol. The molecule has 0 spiro atoms. The van der Waals surface area contributed by atoms with Gasteiger partial charge in [-0.1, -0.05) is 46.2 Å². The van der Waals surface area contributed by atoms with E-state index in [-0.39, 0.29) is 5.82 Å². The Kier molecular flexibility index (Phi) is 3.73. The van der Waals surface area contributed by atoms with Crippen molar-refractivity contribution in [2.45, 2.75) is 0 Å². The molecule has 0 saturated heterocycles. The van der Waals surface area contributed by atoms with E-state index in [9.17, 15) is 4.39 Å². The number of nitrogens with two attached hydrogens (primary N) is 1. The third-order valence-electron chi connectivity index (χ3n) is 2.60. The van der Waals surface area contributed by atoms with Gasteiger partial charge in [0.05, 0.1) is 10.7 Å². The molecular formula is C14H10BrClFN. The van der Waals surface area contributed by atoms with E-state index in [0.29, 0.717) is 10.7 Å². The maximum atomic E-state index is 12.9. The molecule has 0 saturated carbocycles. The monoisotopic (exact) mass is 325 g/mol. The van der Waals surface area contributed by atoms with Gasteiger partial charge in [-0.3, -0.25) is 0 Å². The molecule has 0 bridgehead atoms. The molecule has 0 radical (unpaired) electrons. The second kappa shape index (κ2) is 5.12. The topological polar surface area (TPSA) is 26.0 Å². The first kappa shape index (κ1) is 13.1. The summed E-state index contributed by atoms with van der Waals surface area (Å²) in [7, 11) is 0. The lowest BCUT2D eigenvalue weighted by Gasteiger charge is -2.10. The molecule has 4 heteroatoms. The largest absolute Gasteiger partial charge is 0.397 e. The first-order valence-corrected chi connectivity index (χ1v) is 6.36. The van der Waals surface area contributed by atoms with Crippen molar-refractivity contribution in [1.82, 2.24) is 0 Å². The Balaban J connectivity index is 2.46. The maximum absolute atomic E-state index is 12.9. The van der Waals surface area contributed by atoms with Gasteiger partial charge in [-0.05, 0) is 41.0 Å². The van der Waals surface area contributed by atoms with Gasteiger partial charge in [0, 0.05) is 4.47 Å². The molecule has 0 atom stereocenters. The lowest BCUT2D eigenvalue weighted by Crippen LogP contribution is -1.92. The number of anilines is 1. The van der Waals surface area contributed by atoms with Crippen LogP contribution in [0.4, 0.5) is 10.1 Å². The minimum Gasteiger partial charge on any atom is -0.397 e. The molecule has 0 aliphatic heterocycles. The van der Waals surface area contributed by atoms with Gasteiger partial charge in [-0.15, -0.1) is 0 Å². The van der Waals surface area contributed by atoms with E-state index >= 15 is 0 Å². The standard InChI is InChI=1S/C14H10BrClFN/c1-8(9-2-4-10(17)5-3-9)11-6-13(16)14(18)7-12(11)15/h2-7H,1,18H2. The van der Waals surface area contributed by atoms with Crippen LogP contribution in [0, 0.1) is 5.82 Å². The van der Waals surface area contributed by atoms with Gasteiger partial charge in [0.15, 0.2) is 0 Å². The molecule has 2 rings (SSSR count). The van der Waals surface area contributed by atoms with Crippen molar-refractivity contribution in [3.05, 3.63) is 69.4 Å². The van der Waals surface area contributed by atoms with Crippen LogP contribution in [0.2, 0.25) is 5.02 Å². The number of hydrogen-bond donors (Lipinski definition) is 1. The van der Waals surface area contributed by atoms with Crippen molar-refractivity contribution < 1.29 is 4.39 Å². The molecule has 18 heavy (non-hydrogen) atoms. The van der Waals surface area contributed by atoms with Crippen molar-refractivity contribution in [2.75, 3.05) is 5.73 Å². The van der Waals surface area contributed by atoms with Crippen LogP contribution in [0.15, 0.2) is 47.4 Å². The molecule has 0 fully saturated rings. The van der Waals surface area contributed by atoms with E-state index in [4.69, 9.17) is 17.3 Å². The van der Waals surface area contributed by atoms with Gasteiger partial charge in [-0.2, -0.15) is 0 Å². The smallest absolute Gasteiger partial charge is 0.123 e. The van der Waals surface area contributed by atoms with E-state index in [2.05, 4.69) is 22.5 Å². The van der Waals surface area contributed by atoms with E-state index in [1.54, 1.807) is 24.3 Å². The highest BCUT2D eigenvalue weighted by atomic mass is 79.9. The van der Waals surface area contributed by atoms with Gasteiger partial charge in [0.2, 0.25) is 0 Å². The van der Waals surface area contributed by atoms with Crippen molar-refractivity contribution in [3.8, 4) is 0 Å². The van der Waals surface area contributed by atoms with Crippen molar-refractivity contribution >= 4 is 38.8 Å². The summed E-state index contributed by atoms with van der Waals surface area (Å²) in [6.07, 6.45) is 0. The summed E-state index contributed by atoms with van der Waals surface area (Å²) in [5, 5.41) is 0.469. The fraction of sp³-hybridized carbons (Fsp3) is 0. The first-order chi connectivity index (χ1) is 8.49. The first-order valence-electron chi connectivity index (χ1n) is 5.19. The van der Waals surface area contributed by atoms with E-state index in [0.717, 1.165) is 21.2 Å². The summed E-state index contributed by atoms with van der Waals surface area (Å²) in [5.74, 6) is -0.277. The van der Waals surface area contributed by atoms with Crippen molar-refractivity contribution in [1.29, 1.82) is 0 Å². The van der Waals surface area contributed by atoms with Crippen molar-refractivity contribution in [3.63, 3.8) is 0 Å². The molecule has 0 aliphatic rings. The lowest BCUT2D eigenvalue weighted by molar-refractivity contribution is 0.627. The van der Waals surface area contributed by atoms with Crippen LogP contribution >= 0.6 is 27.5 Å². The van der Waals surface area contributed by atoms with Gasteiger partial charge in [0.25, 0.3) is 0 Å². The Morgan fingerprint density at radius 2 is 1.83 bits per heavy atom. The molecule has 2 aromatic rings. The Hall–Kier alpha value is -1.32. The number of rotatable bonds is 2. The Labute approximate surface area is 118 Å². The quantitative estimate of drug-likeness (QED) is 0.782. The predicted octanol–water partition coefficient (Wildman–Crippen LogP) is 4.89. The fourth-order valence-electron chi connectivity index (χ4n) is 1.60. The summed E-state index contributed by atoms with van der Waals surface area (Å²) in [6.45, 7) is 4.00. The van der Waals surface area contributed by atoms with Crippen LogP contribution in [-0.2, 0) is 0 Å². The summed E-state index contributed by atoms with van der Waals surface area (Å²) >= 11 is 9.42. The summed E-state index contributed by atoms with van der Waals surface area (Å²) in [5.41, 5.74) is 8.63. The third kappa shape index (κ3) is 2.57. The Morgan fingerprint density at radius 1 is 1.22 bits per heavy atom. The van der Waals surface area contributed by atoms with Gasteiger partial charge < -0.3 is 5.73 Å². The van der Waals surface area contributed by atoms with Gasteiger partial charge in [0.1, 0.15) is 5.82 Å². The molecule has 0 unspecified atom stereocenters. The molecule has 1 nitrogen and oxygen atoms in total. The molecule has 0 aromatic heterocycles. The zero-order valence-electron chi connectivity index (χ0n) is 9.38. The number of hydrogen-bond acceptors (Lipinski definition) is 1. The molecule has 92 valence electrons. The average Bonchev–Trinajstić information content (AvgIpc) is 2.34. The Morgan fingerprint density at radius 3 is 2.44 bits per heavy atom. The normalized spacial score (nSPS) is 10.4. The fourth-order valence-corrected chi connectivity index (χ4v) is 2.36. The zero-order chi connectivity index (χ0) is 13.3.